The Bertz CT molecular complexity index is 667. The Kier molecular flexibility index (Phi) is 5.04. The first-order chi connectivity index (χ1) is 10.5. The summed E-state index contributed by atoms with van der Waals surface area (Å²) in [4.78, 5) is 12.3. The number of anilines is 1. The number of hydrogen-bond donors (Lipinski definition) is 1. The Hall–Kier alpha value is -2.49. The lowest BCUT2D eigenvalue weighted by Crippen LogP contribution is -2.30. The molecule has 2 aromatic rings. The number of hydrogen-bond acceptors (Lipinski definition) is 3. The largest absolute Gasteiger partial charge is 0.497 e. The Morgan fingerprint density at radius 2 is 1.82 bits per heavy atom. The molecule has 0 spiro atoms. The molecule has 0 unspecified atom stereocenters. The van der Waals surface area contributed by atoms with Crippen LogP contribution in [0.3, 0.4) is 0 Å². The van der Waals surface area contributed by atoms with Crippen LogP contribution in [0.2, 0.25) is 0 Å². The normalized spacial score (nSPS) is 11.6. The van der Waals surface area contributed by atoms with Gasteiger partial charge in [-0.15, -0.1) is 0 Å². The number of carbonyl (C=O) groups is 1. The molecule has 22 heavy (non-hydrogen) atoms. The number of aryl methyl sites for hydroxylation is 2. The van der Waals surface area contributed by atoms with Crippen LogP contribution in [0.25, 0.3) is 0 Å². The number of amides is 1. The van der Waals surface area contributed by atoms with Crippen molar-refractivity contribution >= 4 is 11.6 Å². The molecule has 0 aliphatic rings. The first kappa shape index (κ1) is 15.9. The monoisotopic (exact) mass is 299 g/mol. The van der Waals surface area contributed by atoms with Crippen molar-refractivity contribution in [1.29, 1.82) is 0 Å². The van der Waals surface area contributed by atoms with Crippen LogP contribution in [0.4, 0.5) is 5.69 Å². The predicted octanol–water partition coefficient (Wildman–Crippen LogP) is 3.72. The molecule has 116 valence electrons. The van der Waals surface area contributed by atoms with Crippen molar-refractivity contribution < 1.29 is 14.3 Å². The average Bonchev–Trinajstić information content (AvgIpc) is 2.51. The van der Waals surface area contributed by atoms with Crippen LogP contribution in [0.1, 0.15) is 18.1 Å². The molecule has 1 N–H and O–H groups in total. The maximum Gasteiger partial charge on any atom is 0.265 e. The highest BCUT2D eigenvalue weighted by atomic mass is 16.5. The zero-order chi connectivity index (χ0) is 16.1. The molecule has 4 nitrogen and oxygen atoms in total. The van der Waals surface area contributed by atoms with E-state index in [4.69, 9.17) is 9.47 Å². The van der Waals surface area contributed by atoms with Crippen LogP contribution in [0.15, 0.2) is 42.5 Å². The minimum absolute atomic E-state index is 0.184. The molecule has 0 aromatic heterocycles. The molecule has 2 rings (SSSR count). The molecule has 0 saturated carbocycles. The Labute approximate surface area is 131 Å². The van der Waals surface area contributed by atoms with Gasteiger partial charge in [-0.1, -0.05) is 18.2 Å². The van der Waals surface area contributed by atoms with Gasteiger partial charge in [0.2, 0.25) is 0 Å². The first-order valence-electron chi connectivity index (χ1n) is 7.18. The van der Waals surface area contributed by atoms with Gasteiger partial charge in [-0.3, -0.25) is 4.79 Å². The predicted molar refractivity (Wildman–Crippen MR) is 87.6 cm³/mol. The summed E-state index contributed by atoms with van der Waals surface area (Å²) < 4.78 is 10.8. The minimum atomic E-state index is -0.605. The summed E-state index contributed by atoms with van der Waals surface area (Å²) in [7, 11) is 1.59. The molecule has 0 saturated heterocycles. The quantitative estimate of drug-likeness (QED) is 0.915. The molecule has 1 amide bonds. The number of ether oxygens (including phenoxy) is 2. The van der Waals surface area contributed by atoms with Crippen LogP contribution in [-0.2, 0) is 4.79 Å². The van der Waals surface area contributed by atoms with Gasteiger partial charge in [0, 0.05) is 11.8 Å². The van der Waals surface area contributed by atoms with Crippen molar-refractivity contribution in [2.24, 2.45) is 0 Å². The van der Waals surface area contributed by atoms with Crippen molar-refractivity contribution in [3.8, 4) is 11.5 Å². The number of carbonyl (C=O) groups excluding carboxylic acids is 1. The summed E-state index contributed by atoms with van der Waals surface area (Å²) in [5, 5.41) is 2.90. The van der Waals surface area contributed by atoms with Crippen molar-refractivity contribution in [2.75, 3.05) is 12.4 Å². The number of nitrogens with one attached hydrogen (secondary N) is 1. The lowest BCUT2D eigenvalue weighted by Gasteiger charge is -2.16. The summed E-state index contributed by atoms with van der Waals surface area (Å²) in [5.41, 5.74) is 2.93. The molecular weight excluding hydrogens is 278 g/mol. The number of benzene rings is 2. The van der Waals surface area contributed by atoms with E-state index in [0.29, 0.717) is 11.5 Å². The van der Waals surface area contributed by atoms with Gasteiger partial charge in [0.1, 0.15) is 11.5 Å². The van der Waals surface area contributed by atoms with Gasteiger partial charge in [-0.2, -0.15) is 0 Å². The third kappa shape index (κ3) is 4.01. The lowest BCUT2D eigenvalue weighted by atomic mass is 10.1. The highest BCUT2D eigenvalue weighted by Crippen LogP contribution is 2.21. The van der Waals surface area contributed by atoms with Gasteiger partial charge >= 0.3 is 0 Å². The summed E-state index contributed by atoms with van der Waals surface area (Å²) in [5.74, 6) is 1.11. The van der Waals surface area contributed by atoms with E-state index in [1.165, 1.54) is 0 Å². The average molecular weight is 299 g/mol. The van der Waals surface area contributed by atoms with E-state index >= 15 is 0 Å². The molecule has 1 atom stereocenters. The van der Waals surface area contributed by atoms with Crippen LogP contribution in [0.5, 0.6) is 11.5 Å². The maximum atomic E-state index is 12.3. The Morgan fingerprint density at radius 1 is 1.09 bits per heavy atom. The molecule has 0 fully saturated rings. The van der Waals surface area contributed by atoms with Gasteiger partial charge in [-0.05, 0) is 50.1 Å². The highest BCUT2D eigenvalue weighted by molar-refractivity contribution is 5.94. The molecule has 0 aliphatic carbocycles. The third-order valence-electron chi connectivity index (χ3n) is 3.37. The molecule has 0 radical (unpaired) electrons. The van der Waals surface area contributed by atoms with E-state index < -0.39 is 6.10 Å². The second-order valence-electron chi connectivity index (χ2n) is 5.25. The lowest BCUT2D eigenvalue weighted by molar-refractivity contribution is -0.122. The summed E-state index contributed by atoms with van der Waals surface area (Å²) in [6.07, 6.45) is -0.605. The van der Waals surface area contributed by atoms with Gasteiger partial charge in [0.15, 0.2) is 6.10 Å². The fourth-order valence-electron chi connectivity index (χ4n) is 2.04. The second-order valence-corrected chi connectivity index (χ2v) is 5.25. The van der Waals surface area contributed by atoms with Crippen LogP contribution < -0.4 is 14.8 Å². The summed E-state index contributed by atoms with van der Waals surface area (Å²) in [6.45, 7) is 5.67. The molecule has 4 heteroatoms. The standard InChI is InChI=1S/C18H21NO3/c1-12-8-9-13(2)17(10-12)19-18(20)14(3)22-16-7-5-6-15(11-16)21-4/h5-11,14H,1-4H3,(H,19,20)/t14-/m1/s1. The van der Waals surface area contributed by atoms with E-state index in [2.05, 4.69) is 5.32 Å². The molecule has 0 heterocycles. The number of rotatable bonds is 5. The Balaban J connectivity index is 2.04. The van der Waals surface area contributed by atoms with Gasteiger partial charge < -0.3 is 14.8 Å². The smallest absolute Gasteiger partial charge is 0.265 e. The van der Waals surface area contributed by atoms with Crippen molar-refractivity contribution in [3.05, 3.63) is 53.6 Å². The third-order valence-corrected chi connectivity index (χ3v) is 3.37. The fourth-order valence-corrected chi connectivity index (χ4v) is 2.04. The second kappa shape index (κ2) is 6.98. The first-order valence-corrected chi connectivity index (χ1v) is 7.18. The van der Waals surface area contributed by atoms with E-state index in [1.54, 1.807) is 26.2 Å². The van der Waals surface area contributed by atoms with Crippen molar-refractivity contribution in [2.45, 2.75) is 26.9 Å². The molecule has 0 bridgehead atoms. The van der Waals surface area contributed by atoms with Gasteiger partial charge in [0.25, 0.3) is 5.91 Å². The SMILES string of the molecule is COc1cccc(O[C@H](C)C(=O)Nc2cc(C)ccc2C)c1. The summed E-state index contributed by atoms with van der Waals surface area (Å²) in [6, 6.07) is 13.1. The van der Waals surface area contributed by atoms with Crippen molar-refractivity contribution in [1.82, 2.24) is 0 Å². The van der Waals surface area contributed by atoms with E-state index in [9.17, 15) is 4.79 Å². The summed E-state index contributed by atoms with van der Waals surface area (Å²) >= 11 is 0. The fraction of sp³-hybridized carbons (Fsp3) is 0.278. The molecular formula is C18H21NO3. The topological polar surface area (TPSA) is 47.6 Å². The molecule has 0 aliphatic heterocycles. The highest BCUT2D eigenvalue weighted by Gasteiger charge is 2.16. The zero-order valence-corrected chi connectivity index (χ0v) is 13.3. The maximum absolute atomic E-state index is 12.3. The van der Waals surface area contributed by atoms with Crippen LogP contribution >= 0.6 is 0 Å². The number of methoxy groups -OCH3 is 1. The Morgan fingerprint density at radius 3 is 2.55 bits per heavy atom. The van der Waals surface area contributed by atoms with Gasteiger partial charge in [-0.25, -0.2) is 0 Å². The van der Waals surface area contributed by atoms with Crippen molar-refractivity contribution in [3.63, 3.8) is 0 Å². The van der Waals surface area contributed by atoms with E-state index in [1.807, 2.05) is 44.2 Å². The molecule has 2 aromatic carbocycles. The van der Waals surface area contributed by atoms with Gasteiger partial charge in [0.05, 0.1) is 7.11 Å². The zero-order valence-electron chi connectivity index (χ0n) is 13.3. The van der Waals surface area contributed by atoms with E-state index in [-0.39, 0.29) is 5.91 Å². The van der Waals surface area contributed by atoms with Crippen LogP contribution in [0, 0.1) is 13.8 Å². The van der Waals surface area contributed by atoms with E-state index in [0.717, 1.165) is 16.8 Å². The van der Waals surface area contributed by atoms with Crippen LogP contribution in [-0.4, -0.2) is 19.1 Å². The minimum Gasteiger partial charge on any atom is -0.497 e.